The molecule has 0 spiro atoms. The summed E-state index contributed by atoms with van der Waals surface area (Å²) in [4.78, 5) is 13.9. The number of nitrogens with zero attached hydrogens (tertiary/aromatic N) is 5. The third-order valence-corrected chi connectivity index (χ3v) is 7.64. The van der Waals surface area contributed by atoms with Crippen molar-refractivity contribution in [1.29, 1.82) is 0 Å². The quantitative estimate of drug-likeness (QED) is 0.335. The van der Waals surface area contributed by atoms with Crippen LogP contribution in [0.3, 0.4) is 0 Å². The van der Waals surface area contributed by atoms with E-state index in [1.807, 2.05) is 48.5 Å². The molecule has 0 radical (unpaired) electrons. The summed E-state index contributed by atoms with van der Waals surface area (Å²) in [7, 11) is 0. The van der Waals surface area contributed by atoms with Gasteiger partial charge < -0.3 is 0 Å². The first-order valence-corrected chi connectivity index (χ1v) is 12.3. The predicted octanol–water partition coefficient (Wildman–Crippen LogP) is 5.91. The van der Waals surface area contributed by atoms with Gasteiger partial charge in [-0.15, -0.1) is 10.2 Å². The lowest BCUT2D eigenvalue weighted by Crippen LogP contribution is -2.23. The van der Waals surface area contributed by atoms with Crippen molar-refractivity contribution in [2.24, 2.45) is 0 Å². The molecule has 1 aliphatic carbocycles. The molecule has 2 heterocycles. The minimum atomic E-state index is -0.185. The highest BCUT2D eigenvalue weighted by atomic mass is 79.9. The lowest BCUT2D eigenvalue weighted by atomic mass is 9.95. The molecule has 32 heavy (non-hydrogen) atoms. The van der Waals surface area contributed by atoms with Crippen molar-refractivity contribution in [3.05, 3.63) is 81.7 Å². The summed E-state index contributed by atoms with van der Waals surface area (Å²) < 4.78 is 4.31. The summed E-state index contributed by atoms with van der Waals surface area (Å²) in [6.07, 6.45) is 7.51. The van der Waals surface area contributed by atoms with E-state index in [-0.39, 0.29) is 5.56 Å². The Kier molecular flexibility index (Phi) is 6.23. The molecular weight excluding hydrogens is 486 g/mol. The number of benzene rings is 2. The van der Waals surface area contributed by atoms with Crippen LogP contribution in [-0.2, 0) is 0 Å². The maximum atomic E-state index is 13.4. The van der Waals surface area contributed by atoms with Gasteiger partial charge in [-0.2, -0.15) is 9.78 Å². The van der Waals surface area contributed by atoms with Crippen LogP contribution in [-0.4, -0.2) is 24.5 Å². The summed E-state index contributed by atoms with van der Waals surface area (Å²) in [6.45, 7) is 0. The van der Waals surface area contributed by atoms with Gasteiger partial charge in [-0.1, -0.05) is 67.8 Å². The molecule has 5 rings (SSSR count). The summed E-state index contributed by atoms with van der Waals surface area (Å²) in [6, 6.07) is 19.9. The van der Waals surface area contributed by atoms with E-state index in [1.165, 1.54) is 35.7 Å². The van der Waals surface area contributed by atoms with Gasteiger partial charge in [0.15, 0.2) is 11.0 Å². The lowest BCUT2D eigenvalue weighted by Gasteiger charge is -2.25. The van der Waals surface area contributed by atoms with Crippen LogP contribution in [0.15, 0.2) is 86.2 Å². The molecule has 2 aromatic heterocycles. The molecule has 0 atom stereocenters. The number of hydrogen-bond donors (Lipinski definition) is 0. The molecule has 6 nitrogen and oxygen atoms in total. The third-order valence-electron chi connectivity index (χ3n) is 5.72. The van der Waals surface area contributed by atoms with Gasteiger partial charge >= 0.3 is 0 Å². The zero-order valence-electron chi connectivity index (χ0n) is 17.4. The van der Waals surface area contributed by atoms with E-state index in [2.05, 4.69) is 47.9 Å². The van der Waals surface area contributed by atoms with Crippen molar-refractivity contribution in [2.45, 2.75) is 48.2 Å². The van der Waals surface area contributed by atoms with E-state index in [4.69, 9.17) is 0 Å². The van der Waals surface area contributed by atoms with Crippen LogP contribution in [0.4, 0.5) is 0 Å². The van der Waals surface area contributed by atoms with Crippen molar-refractivity contribution in [1.82, 2.24) is 24.5 Å². The maximum absolute atomic E-state index is 13.4. The van der Waals surface area contributed by atoms with Crippen molar-refractivity contribution in [3.8, 4) is 17.1 Å². The average Bonchev–Trinajstić information content (AvgIpc) is 3.27. The van der Waals surface area contributed by atoms with E-state index in [1.54, 1.807) is 6.20 Å². The van der Waals surface area contributed by atoms with Crippen molar-refractivity contribution in [2.75, 3.05) is 0 Å². The van der Waals surface area contributed by atoms with E-state index in [0.29, 0.717) is 15.4 Å². The number of para-hydroxylation sites is 1. The van der Waals surface area contributed by atoms with Crippen LogP contribution in [0.25, 0.3) is 17.1 Å². The fourth-order valence-corrected chi connectivity index (χ4v) is 5.58. The van der Waals surface area contributed by atoms with E-state index >= 15 is 0 Å². The molecular formula is C24H22BrN5OS. The van der Waals surface area contributed by atoms with Gasteiger partial charge in [0.25, 0.3) is 5.56 Å². The molecule has 0 amide bonds. The molecule has 162 valence electrons. The highest BCUT2D eigenvalue weighted by molar-refractivity contribution is 9.10. The van der Waals surface area contributed by atoms with Gasteiger partial charge in [-0.3, -0.25) is 9.36 Å². The number of rotatable bonds is 5. The number of halogens is 1. The van der Waals surface area contributed by atoms with Gasteiger partial charge in [0.05, 0.1) is 21.3 Å². The summed E-state index contributed by atoms with van der Waals surface area (Å²) in [5, 5.41) is 14.1. The van der Waals surface area contributed by atoms with Gasteiger partial charge in [0.1, 0.15) is 0 Å². The molecule has 1 saturated carbocycles. The van der Waals surface area contributed by atoms with Crippen molar-refractivity contribution < 1.29 is 0 Å². The Morgan fingerprint density at radius 3 is 2.31 bits per heavy atom. The lowest BCUT2D eigenvalue weighted by molar-refractivity contribution is 0.339. The molecule has 4 aromatic rings. The summed E-state index contributed by atoms with van der Waals surface area (Å²) in [5.41, 5.74) is 1.58. The first kappa shape index (κ1) is 21.2. The van der Waals surface area contributed by atoms with Crippen LogP contribution in [0.2, 0.25) is 0 Å². The van der Waals surface area contributed by atoms with Crippen LogP contribution in [0, 0.1) is 0 Å². The Morgan fingerprint density at radius 1 is 0.906 bits per heavy atom. The molecule has 1 fully saturated rings. The predicted molar refractivity (Wildman–Crippen MR) is 129 cm³/mol. The van der Waals surface area contributed by atoms with E-state index in [0.717, 1.165) is 35.1 Å². The molecule has 0 N–H and O–H groups in total. The zero-order valence-corrected chi connectivity index (χ0v) is 19.8. The van der Waals surface area contributed by atoms with Gasteiger partial charge in [-0.25, -0.2) is 0 Å². The largest absolute Gasteiger partial charge is 0.299 e. The van der Waals surface area contributed by atoms with Crippen LogP contribution < -0.4 is 5.56 Å². The topological polar surface area (TPSA) is 65.6 Å². The Balaban J connectivity index is 1.59. The minimum Gasteiger partial charge on any atom is -0.299 e. The molecule has 2 aromatic carbocycles. The molecule has 1 aliphatic rings. The maximum Gasteiger partial charge on any atom is 0.286 e. The third kappa shape index (κ3) is 4.17. The summed E-state index contributed by atoms with van der Waals surface area (Å²) in [5.74, 6) is 0.855. The Morgan fingerprint density at radius 2 is 1.59 bits per heavy atom. The van der Waals surface area contributed by atoms with E-state index < -0.39 is 0 Å². The van der Waals surface area contributed by atoms with Crippen molar-refractivity contribution in [3.63, 3.8) is 0 Å². The van der Waals surface area contributed by atoms with Crippen LogP contribution in [0.5, 0.6) is 0 Å². The van der Waals surface area contributed by atoms with Crippen molar-refractivity contribution >= 4 is 27.7 Å². The Bertz CT molecular complexity index is 1270. The summed E-state index contributed by atoms with van der Waals surface area (Å²) >= 11 is 4.88. The monoisotopic (exact) mass is 507 g/mol. The van der Waals surface area contributed by atoms with Crippen LogP contribution >= 0.6 is 27.7 Å². The van der Waals surface area contributed by atoms with E-state index in [9.17, 15) is 4.79 Å². The average molecular weight is 508 g/mol. The second kappa shape index (κ2) is 9.42. The van der Waals surface area contributed by atoms with Gasteiger partial charge in [0, 0.05) is 11.6 Å². The molecule has 0 saturated heterocycles. The smallest absolute Gasteiger partial charge is 0.286 e. The van der Waals surface area contributed by atoms with Crippen LogP contribution in [0.1, 0.15) is 38.1 Å². The fraction of sp³-hybridized carbons (Fsp3) is 0.250. The Hall–Kier alpha value is -2.71. The molecule has 8 heteroatoms. The first-order chi connectivity index (χ1) is 15.7. The molecule has 0 aliphatic heterocycles. The van der Waals surface area contributed by atoms with Gasteiger partial charge in [-0.05, 0) is 52.7 Å². The second-order valence-electron chi connectivity index (χ2n) is 7.81. The molecule has 0 unspecified atom stereocenters. The van der Waals surface area contributed by atoms with Gasteiger partial charge in [0.2, 0.25) is 0 Å². The number of hydrogen-bond acceptors (Lipinski definition) is 5. The highest BCUT2D eigenvalue weighted by Crippen LogP contribution is 2.38. The minimum absolute atomic E-state index is 0.185. The highest BCUT2D eigenvalue weighted by Gasteiger charge is 2.25. The Labute approximate surface area is 198 Å². The number of aromatic nitrogens is 5. The normalized spacial score (nSPS) is 14.5. The first-order valence-electron chi connectivity index (χ1n) is 10.7. The second-order valence-corrected chi connectivity index (χ2v) is 9.64. The fourth-order valence-electron chi connectivity index (χ4n) is 4.15. The standard InChI is InChI=1S/C24H22BrN5OS/c25-20-16-26-30(19-14-8-3-9-15-19)23(31)21(20)32-24-28-27-22(17-10-4-1-5-11-17)29(24)18-12-6-2-7-13-18/h1,3-5,8-11,14-16,18H,2,6-7,12-13H2. The SMILES string of the molecule is O=c1c(Sc2nnc(-c3ccccc3)n2C2CCCCC2)c(Br)cnn1-c1ccccc1. The zero-order chi connectivity index (χ0) is 21.9. The molecule has 0 bridgehead atoms.